The van der Waals surface area contributed by atoms with Gasteiger partial charge in [-0.3, -0.25) is 4.79 Å². The lowest BCUT2D eigenvalue weighted by Gasteiger charge is -2.51. The van der Waals surface area contributed by atoms with E-state index in [2.05, 4.69) is 20.8 Å². The summed E-state index contributed by atoms with van der Waals surface area (Å²) in [6, 6.07) is 1.91. The van der Waals surface area contributed by atoms with E-state index in [-0.39, 0.29) is 17.1 Å². The first kappa shape index (κ1) is 17.7. The third-order valence-corrected chi connectivity index (χ3v) is 6.56. The number of aliphatic hydroxyl groups is 1. The van der Waals surface area contributed by atoms with Crippen LogP contribution in [0.4, 0.5) is 0 Å². The van der Waals surface area contributed by atoms with E-state index in [1.807, 2.05) is 13.0 Å². The summed E-state index contributed by atoms with van der Waals surface area (Å²) in [4.78, 5) is 12.6. The Labute approximate surface area is 144 Å². The molecule has 4 atom stereocenters. The molecule has 0 radical (unpaired) electrons. The SMILES string of the molecule is CCC(=O)C1OC(O)(CCc2ccoc2)C2(C)CCCC(C)(C)C12. The molecule has 3 rings (SSSR count). The minimum atomic E-state index is -1.26. The van der Waals surface area contributed by atoms with Gasteiger partial charge in [0.2, 0.25) is 0 Å². The molecule has 1 aromatic rings. The summed E-state index contributed by atoms with van der Waals surface area (Å²) < 4.78 is 11.3. The lowest BCUT2D eigenvalue weighted by atomic mass is 9.53. The van der Waals surface area contributed by atoms with Crippen molar-refractivity contribution in [2.45, 2.75) is 78.1 Å². The zero-order chi connectivity index (χ0) is 17.6. The number of hydrogen-bond donors (Lipinski definition) is 1. The van der Waals surface area contributed by atoms with E-state index in [1.54, 1.807) is 12.5 Å². The number of rotatable bonds is 5. The molecule has 1 aliphatic carbocycles. The number of carbonyl (C=O) groups is 1. The van der Waals surface area contributed by atoms with Crippen LogP contribution in [0.25, 0.3) is 0 Å². The van der Waals surface area contributed by atoms with Crippen molar-refractivity contribution in [2.24, 2.45) is 16.7 Å². The first-order valence-corrected chi connectivity index (χ1v) is 9.17. The number of carbonyl (C=O) groups excluding carboxylic acids is 1. The number of furan rings is 1. The largest absolute Gasteiger partial charge is 0.472 e. The molecule has 134 valence electrons. The predicted octanol–water partition coefficient (Wildman–Crippen LogP) is 4.11. The maximum atomic E-state index is 12.6. The zero-order valence-electron chi connectivity index (χ0n) is 15.3. The van der Waals surface area contributed by atoms with Gasteiger partial charge in [0, 0.05) is 24.2 Å². The molecule has 1 saturated carbocycles. The fourth-order valence-electron chi connectivity index (χ4n) is 5.23. The molecule has 2 aliphatic rings. The average Bonchev–Trinajstić information content (AvgIpc) is 3.10. The van der Waals surface area contributed by atoms with Crippen LogP contribution in [0.2, 0.25) is 0 Å². The molecular weight excluding hydrogens is 304 g/mol. The van der Waals surface area contributed by atoms with Crippen molar-refractivity contribution in [2.75, 3.05) is 0 Å². The Morgan fingerprint density at radius 2 is 2.08 bits per heavy atom. The highest BCUT2D eigenvalue weighted by atomic mass is 16.6. The standard InChI is InChI=1S/C20H30O4/c1-5-15(21)16-17-18(2,3)9-6-10-19(17,4)20(22,24-16)11-7-14-8-12-23-13-14/h8,12-13,16-17,22H,5-7,9-11H2,1-4H3. The predicted molar refractivity (Wildman–Crippen MR) is 91.4 cm³/mol. The van der Waals surface area contributed by atoms with Crippen LogP contribution >= 0.6 is 0 Å². The molecule has 0 spiro atoms. The second-order valence-corrected chi connectivity index (χ2v) is 8.51. The third-order valence-electron chi connectivity index (χ3n) is 6.56. The van der Waals surface area contributed by atoms with E-state index in [1.165, 1.54) is 0 Å². The molecule has 1 aliphatic heterocycles. The van der Waals surface area contributed by atoms with Gasteiger partial charge < -0.3 is 14.3 Å². The Morgan fingerprint density at radius 3 is 2.71 bits per heavy atom. The molecule has 1 N–H and O–H groups in total. The first-order chi connectivity index (χ1) is 11.2. The summed E-state index contributed by atoms with van der Waals surface area (Å²) in [5.41, 5.74) is 0.642. The summed E-state index contributed by atoms with van der Waals surface area (Å²) in [6.07, 6.45) is 7.51. The molecule has 4 unspecified atom stereocenters. The zero-order valence-corrected chi connectivity index (χ0v) is 15.3. The molecule has 0 bridgehead atoms. The summed E-state index contributed by atoms with van der Waals surface area (Å²) in [5.74, 6) is -1.09. The molecule has 0 aromatic carbocycles. The average molecular weight is 334 g/mol. The van der Waals surface area contributed by atoms with Crippen molar-refractivity contribution in [3.05, 3.63) is 24.2 Å². The van der Waals surface area contributed by atoms with Crippen LogP contribution in [0.15, 0.2) is 23.0 Å². The lowest BCUT2D eigenvalue weighted by molar-refractivity contribution is -0.244. The number of Topliss-reactive ketones (excluding diaryl/α,β-unsaturated/α-hetero) is 1. The Kier molecular flexibility index (Phi) is 4.42. The topological polar surface area (TPSA) is 59.7 Å². The van der Waals surface area contributed by atoms with Crippen molar-refractivity contribution >= 4 is 5.78 Å². The molecule has 1 saturated heterocycles. The van der Waals surface area contributed by atoms with E-state index in [9.17, 15) is 9.90 Å². The molecular formula is C20H30O4. The van der Waals surface area contributed by atoms with Gasteiger partial charge in [0.1, 0.15) is 6.10 Å². The number of ether oxygens (including phenoxy) is 1. The molecule has 2 fully saturated rings. The van der Waals surface area contributed by atoms with Gasteiger partial charge >= 0.3 is 0 Å². The second kappa shape index (κ2) is 5.99. The van der Waals surface area contributed by atoms with Crippen molar-refractivity contribution in [3.8, 4) is 0 Å². The van der Waals surface area contributed by atoms with Crippen LogP contribution < -0.4 is 0 Å². The van der Waals surface area contributed by atoms with Crippen LogP contribution in [0.1, 0.15) is 65.4 Å². The van der Waals surface area contributed by atoms with Gasteiger partial charge in [0.15, 0.2) is 11.6 Å². The normalized spacial score (nSPS) is 38.0. The highest BCUT2D eigenvalue weighted by Crippen LogP contribution is 2.63. The fourth-order valence-corrected chi connectivity index (χ4v) is 5.23. The Balaban J connectivity index is 1.93. The molecule has 4 heteroatoms. The lowest BCUT2D eigenvalue weighted by Crippen LogP contribution is -2.52. The van der Waals surface area contributed by atoms with Crippen LogP contribution in [-0.4, -0.2) is 22.8 Å². The highest BCUT2D eigenvalue weighted by Gasteiger charge is 2.67. The molecule has 24 heavy (non-hydrogen) atoms. The summed E-state index contributed by atoms with van der Waals surface area (Å²) >= 11 is 0. The van der Waals surface area contributed by atoms with E-state index in [0.29, 0.717) is 19.3 Å². The minimum Gasteiger partial charge on any atom is -0.472 e. The van der Waals surface area contributed by atoms with Gasteiger partial charge in [0.25, 0.3) is 0 Å². The smallest absolute Gasteiger partial charge is 0.172 e. The number of aryl methyl sites for hydroxylation is 1. The van der Waals surface area contributed by atoms with Gasteiger partial charge in [-0.1, -0.05) is 34.1 Å². The molecule has 4 nitrogen and oxygen atoms in total. The van der Waals surface area contributed by atoms with Crippen molar-refractivity contribution in [1.29, 1.82) is 0 Å². The van der Waals surface area contributed by atoms with Crippen LogP contribution in [0.3, 0.4) is 0 Å². The van der Waals surface area contributed by atoms with Crippen LogP contribution in [-0.2, 0) is 16.0 Å². The Bertz CT molecular complexity index is 591. The summed E-state index contributed by atoms with van der Waals surface area (Å²) in [6.45, 7) is 8.44. The third kappa shape index (κ3) is 2.64. The maximum absolute atomic E-state index is 12.6. The van der Waals surface area contributed by atoms with Gasteiger partial charge in [-0.15, -0.1) is 0 Å². The van der Waals surface area contributed by atoms with E-state index in [0.717, 1.165) is 24.8 Å². The first-order valence-electron chi connectivity index (χ1n) is 9.17. The Morgan fingerprint density at radius 1 is 1.33 bits per heavy atom. The highest BCUT2D eigenvalue weighted by molar-refractivity contribution is 5.83. The van der Waals surface area contributed by atoms with Crippen molar-refractivity contribution in [1.82, 2.24) is 0 Å². The fraction of sp³-hybridized carbons (Fsp3) is 0.750. The second-order valence-electron chi connectivity index (χ2n) is 8.51. The maximum Gasteiger partial charge on any atom is 0.172 e. The van der Waals surface area contributed by atoms with Gasteiger partial charge in [-0.05, 0) is 36.3 Å². The Hall–Kier alpha value is -1.13. The summed E-state index contributed by atoms with van der Waals surface area (Å²) in [5, 5.41) is 11.5. The van der Waals surface area contributed by atoms with Crippen LogP contribution in [0.5, 0.6) is 0 Å². The van der Waals surface area contributed by atoms with Gasteiger partial charge in [-0.25, -0.2) is 0 Å². The quantitative estimate of drug-likeness (QED) is 0.880. The van der Waals surface area contributed by atoms with E-state index in [4.69, 9.17) is 9.15 Å². The van der Waals surface area contributed by atoms with Gasteiger partial charge in [-0.2, -0.15) is 0 Å². The number of ketones is 1. The van der Waals surface area contributed by atoms with E-state index >= 15 is 0 Å². The number of hydrogen-bond acceptors (Lipinski definition) is 4. The van der Waals surface area contributed by atoms with E-state index < -0.39 is 17.3 Å². The van der Waals surface area contributed by atoms with Crippen LogP contribution in [0, 0.1) is 16.7 Å². The molecule has 1 aromatic heterocycles. The summed E-state index contributed by atoms with van der Waals surface area (Å²) in [7, 11) is 0. The van der Waals surface area contributed by atoms with Crippen molar-refractivity contribution < 1.29 is 19.1 Å². The van der Waals surface area contributed by atoms with Crippen molar-refractivity contribution in [3.63, 3.8) is 0 Å². The monoisotopic (exact) mass is 334 g/mol. The molecule has 2 heterocycles. The van der Waals surface area contributed by atoms with Gasteiger partial charge in [0.05, 0.1) is 12.5 Å². The number of fused-ring (bicyclic) bond motifs is 1. The molecule has 0 amide bonds. The minimum absolute atomic E-state index is 0.0113.